The van der Waals surface area contributed by atoms with E-state index in [1.807, 2.05) is 6.92 Å². The summed E-state index contributed by atoms with van der Waals surface area (Å²) in [7, 11) is 4.21. The van der Waals surface area contributed by atoms with Gasteiger partial charge in [0, 0.05) is 43.1 Å². The van der Waals surface area contributed by atoms with Crippen LogP contribution in [0.2, 0.25) is 0 Å². The Balaban J connectivity index is 0.00000141. The van der Waals surface area contributed by atoms with Gasteiger partial charge in [0.2, 0.25) is 11.6 Å². The monoisotopic (exact) mass is 681 g/mol. The number of primary amides is 1. The first kappa shape index (κ1) is 41.3. The van der Waals surface area contributed by atoms with Gasteiger partial charge in [-0.25, -0.2) is 4.79 Å². The number of aliphatic carboxylic acids is 1. The second-order valence-electron chi connectivity index (χ2n) is 11.2. The number of nitrogens with two attached hydrogens (primary N) is 2. The zero-order valence-electron chi connectivity index (χ0n) is 27.7. The molecule has 7 atom stereocenters. The number of Topliss-reactive ketones (excluding diaryl/α,β-unsaturated/α-hetero) is 1. The van der Waals surface area contributed by atoms with Crippen molar-refractivity contribution in [3.8, 4) is 0 Å². The molecule has 1 aliphatic carbocycles. The summed E-state index contributed by atoms with van der Waals surface area (Å²) in [5.41, 5.74) is 11.1. The number of amides is 2. The number of thiol groups is 1. The molecule has 15 heteroatoms. The predicted octanol–water partition coefficient (Wildman–Crippen LogP) is 1.74. The van der Waals surface area contributed by atoms with E-state index in [0.717, 1.165) is 6.08 Å². The maximum absolute atomic E-state index is 13.3. The zero-order chi connectivity index (χ0) is 36.0. The molecule has 0 aromatic carbocycles. The number of aliphatic hydroxyl groups excluding tert-OH is 1. The Morgan fingerprint density at radius 2 is 1.77 bits per heavy atom. The molecule has 1 aliphatic heterocycles. The molecule has 0 radical (unpaired) electrons. The molecule has 2 amide bonds. The summed E-state index contributed by atoms with van der Waals surface area (Å²) >= 11 is 3.65. The molecule has 1 unspecified atom stereocenters. The second kappa shape index (κ2) is 19.8. The second-order valence-corrected chi connectivity index (χ2v) is 11.6. The van der Waals surface area contributed by atoms with E-state index in [4.69, 9.17) is 35.5 Å². The number of methoxy groups -OCH3 is 3. The highest BCUT2D eigenvalue weighted by atomic mass is 32.1. The zero-order valence-corrected chi connectivity index (χ0v) is 28.6. The van der Waals surface area contributed by atoms with Gasteiger partial charge in [0.25, 0.3) is 5.91 Å². The summed E-state index contributed by atoms with van der Waals surface area (Å²) < 4.78 is 21.7. The highest BCUT2D eigenvalue weighted by Crippen LogP contribution is 2.29. The standard InChI is InChI=1S/C29H40N2O9.C3H7NO2S/c1-15-11-19-25(34)20(14-21(32)27(19)39-7)31-28(35)16(2)9-8-10-22(37-5)26(40-29(30)36)18(4)13-17(3)24(33)23(12-15)38-6;4-2(1-7)3(5)6/h8-10,13-15,17,22-24,26,33H,11-12H2,1-7H3,(H2,30,36)(H,31,35);2,7H,1,4H2,(H,5,6)/b10-8-,16-9+,18-13+;/t15-,17+,22+,23+,24-,26+;/m1./s1. The summed E-state index contributed by atoms with van der Waals surface area (Å²) in [4.78, 5) is 60.4. The van der Waals surface area contributed by atoms with Crippen molar-refractivity contribution < 1.29 is 53.1 Å². The van der Waals surface area contributed by atoms with Gasteiger partial charge in [-0.05, 0) is 38.2 Å². The van der Waals surface area contributed by atoms with Crippen LogP contribution in [0.15, 0.2) is 58.6 Å². The van der Waals surface area contributed by atoms with Gasteiger partial charge in [-0.15, -0.1) is 0 Å². The van der Waals surface area contributed by atoms with Crippen molar-refractivity contribution in [2.24, 2.45) is 23.3 Å². The molecule has 0 spiro atoms. The van der Waals surface area contributed by atoms with Crippen molar-refractivity contribution in [3.63, 3.8) is 0 Å². The minimum atomic E-state index is -1.00. The molecular formula is C32H47N3O11S. The number of allylic oxidation sites excluding steroid dienone is 4. The van der Waals surface area contributed by atoms with Gasteiger partial charge in [0.05, 0.1) is 25.0 Å². The molecule has 0 aromatic rings. The van der Waals surface area contributed by atoms with E-state index in [1.165, 1.54) is 34.3 Å². The lowest BCUT2D eigenvalue weighted by atomic mass is 9.85. The number of aliphatic hydroxyl groups is 1. The molecule has 14 nitrogen and oxygen atoms in total. The van der Waals surface area contributed by atoms with E-state index in [2.05, 4.69) is 17.9 Å². The van der Waals surface area contributed by atoms with E-state index in [1.54, 1.807) is 32.1 Å². The van der Waals surface area contributed by atoms with Crippen molar-refractivity contribution in [2.75, 3.05) is 27.1 Å². The Kier molecular flexibility index (Phi) is 17.4. The number of fused-ring (bicyclic) bond motifs is 2. The van der Waals surface area contributed by atoms with Crippen LogP contribution >= 0.6 is 12.6 Å². The molecular weight excluding hydrogens is 634 g/mol. The van der Waals surface area contributed by atoms with Crippen LogP contribution < -0.4 is 16.8 Å². The van der Waals surface area contributed by atoms with Gasteiger partial charge in [0.15, 0.2) is 11.9 Å². The van der Waals surface area contributed by atoms with Crippen LogP contribution in [0.5, 0.6) is 0 Å². The molecule has 2 aliphatic rings. The van der Waals surface area contributed by atoms with Crippen LogP contribution in [0.25, 0.3) is 0 Å². The normalized spacial score (nSPS) is 29.8. The fourth-order valence-electron chi connectivity index (χ4n) is 4.86. The molecule has 0 saturated carbocycles. The number of carbonyl (C=O) groups excluding carboxylic acids is 4. The van der Waals surface area contributed by atoms with Crippen molar-refractivity contribution in [3.05, 3.63) is 58.6 Å². The van der Waals surface area contributed by atoms with Gasteiger partial charge >= 0.3 is 12.1 Å². The highest BCUT2D eigenvalue weighted by Gasteiger charge is 2.34. The number of carboxylic acids is 1. The summed E-state index contributed by atoms with van der Waals surface area (Å²) in [6.45, 7) is 6.92. The van der Waals surface area contributed by atoms with Gasteiger partial charge in [-0.3, -0.25) is 19.2 Å². The predicted molar refractivity (Wildman–Crippen MR) is 176 cm³/mol. The summed E-state index contributed by atoms with van der Waals surface area (Å²) in [5, 5.41) is 21.7. The third kappa shape index (κ3) is 12.4. The van der Waals surface area contributed by atoms with Gasteiger partial charge in [-0.2, -0.15) is 12.6 Å². The Bertz CT molecular complexity index is 1320. The molecule has 1 heterocycles. The number of carbonyl (C=O) groups is 5. The SMILES string of the molecule is COC1=C2C[C@@H](C)C[C@H](OC)[C@H](O)[C@@H](C)/C=C(\C)[C@H](OC(N)=O)[C@@H](OC)/C=C\C=C(/C)C(=O)NC(=CC1=O)C2=O.NC(CS)C(=O)O. The summed E-state index contributed by atoms with van der Waals surface area (Å²) in [6.07, 6.45) is 3.61. The molecule has 0 saturated heterocycles. The van der Waals surface area contributed by atoms with E-state index in [0.29, 0.717) is 12.0 Å². The number of rotatable bonds is 6. The van der Waals surface area contributed by atoms with Crippen molar-refractivity contribution in [1.29, 1.82) is 0 Å². The average Bonchev–Trinajstić information content (AvgIpc) is 3.02. The van der Waals surface area contributed by atoms with Crippen LogP contribution in [0.1, 0.15) is 40.5 Å². The lowest BCUT2D eigenvalue weighted by Gasteiger charge is -2.29. The molecule has 262 valence electrons. The molecule has 0 fully saturated rings. The largest absolute Gasteiger partial charge is 0.492 e. The Labute approximate surface area is 280 Å². The average molecular weight is 682 g/mol. The number of ketones is 2. The molecule has 2 rings (SSSR count). The molecule has 0 aromatic heterocycles. The molecule has 2 bridgehead atoms. The summed E-state index contributed by atoms with van der Waals surface area (Å²) in [5.74, 6) is -3.20. The van der Waals surface area contributed by atoms with Crippen LogP contribution in [-0.4, -0.2) is 97.3 Å². The topological polar surface area (TPSA) is 227 Å². The van der Waals surface area contributed by atoms with Crippen LogP contribution in [-0.2, 0) is 38.1 Å². The van der Waals surface area contributed by atoms with Gasteiger partial charge in [-0.1, -0.05) is 38.2 Å². The Morgan fingerprint density at radius 3 is 2.26 bits per heavy atom. The minimum absolute atomic E-state index is 0.0801. The van der Waals surface area contributed by atoms with Crippen molar-refractivity contribution in [1.82, 2.24) is 5.32 Å². The fourth-order valence-corrected chi connectivity index (χ4v) is 5.02. The number of ether oxygens (including phenoxy) is 4. The quantitative estimate of drug-likeness (QED) is 0.134. The number of hydrogen-bond acceptors (Lipinski definition) is 12. The van der Waals surface area contributed by atoms with Crippen LogP contribution in [0.4, 0.5) is 4.79 Å². The lowest BCUT2D eigenvalue weighted by Crippen LogP contribution is -2.37. The highest BCUT2D eigenvalue weighted by molar-refractivity contribution is 7.80. The maximum atomic E-state index is 13.3. The van der Waals surface area contributed by atoms with Crippen molar-refractivity contribution in [2.45, 2.75) is 71.0 Å². The fraction of sp³-hybridized carbons (Fsp3) is 0.531. The first-order valence-electron chi connectivity index (χ1n) is 14.7. The summed E-state index contributed by atoms with van der Waals surface area (Å²) in [6, 6.07) is -0.816. The molecule has 47 heavy (non-hydrogen) atoms. The number of carboxylic acid groups (broad SMARTS) is 1. The third-order valence-corrected chi connectivity index (χ3v) is 7.85. The number of nitrogens with one attached hydrogen (secondary N) is 1. The van der Waals surface area contributed by atoms with E-state index >= 15 is 0 Å². The first-order chi connectivity index (χ1) is 22.0. The van der Waals surface area contributed by atoms with Gasteiger partial charge < -0.3 is 45.9 Å². The number of hydrogen-bond donors (Lipinski definition) is 6. The third-order valence-electron chi connectivity index (χ3n) is 7.46. The van der Waals surface area contributed by atoms with Gasteiger partial charge in [0.1, 0.15) is 12.1 Å². The maximum Gasteiger partial charge on any atom is 0.405 e. The lowest BCUT2D eigenvalue weighted by molar-refractivity contribution is -0.138. The Hall–Kier alpha value is -3.76. The van der Waals surface area contributed by atoms with Crippen molar-refractivity contribution >= 4 is 42.2 Å². The van der Waals surface area contributed by atoms with E-state index < -0.39 is 65.9 Å². The Morgan fingerprint density at radius 1 is 1.13 bits per heavy atom. The van der Waals surface area contributed by atoms with E-state index in [-0.39, 0.29) is 40.7 Å². The van der Waals surface area contributed by atoms with Crippen LogP contribution in [0, 0.1) is 11.8 Å². The molecule has 7 N–H and O–H groups in total. The van der Waals surface area contributed by atoms with E-state index in [9.17, 15) is 29.1 Å². The first-order valence-corrected chi connectivity index (χ1v) is 15.4. The van der Waals surface area contributed by atoms with Crippen LogP contribution in [0.3, 0.4) is 0 Å². The minimum Gasteiger partial charge on any atom is -0.492 e. The smallest absolute Gasteiger partial charge is 0.405 e.